The van der Waals surface area contributed by atoms with Crippen LogP contribution in [0.25, 0.3) is 0 Å². The number of nitrogens with one attached hydrogen (secondary N) is 1. The summed E-state index contributed by atoms with van der Waals surface area (Å²) >= 11 is 6.01. The summed E-state index contributed by atoms with van der Waals surface area (Å²) in [4.78, 5) is 4.35. The summed E-state index contributed by atoms with van der Waals surface area (Å²) in [6.45, 7) is 2.84. The Morgan fingerprint density at radius 2 is 2.26 bits per heavy atom. The van der Waals surface area contributed by atoms with Gasteiger partial charge in [-0.2, -0.15) is 0 Å². The number of hydrogen-bond donors (Lipinski definition) is 1. The molecule has 0 saturated carbocycles. The van der Waals surface area contributed by atoms with Gasteiger partial charge in [0, 0.05) is 19.4 Å². The summed E-state index contributed by atoms with van der Waals surface area (Å²) in [5.41, 5.74) is 0.788. The second-order valence-electron chi connectivity index (χ2n) is 4.42. The van der Waals surface area contributed by atoms with Crippen molar-refractivity contribution in [1.29, 1.82) is 0 Å². The van der Waals surface area contributed by atoms with E-state index in [4.69, 9.17) is 11.6 Å². The summed E-state index contributed by atoms with van der Waals surface area (Å²) < 4.78 is 15.4. The van der Waals surface area contributed by atoms with E-state index >= 15 is 0 Å². The lowest BCUT2D eigenvalue weighted by molar-refractivity contribution is 0.505. The Morgan fingerprint density at radius 1 is 1.47 bits per heavy atom. The van der Waals surface area contributed by atoms with Gasteiger partial charge in [-0.3, -0.25) is 0 Å². The van der Waals surface area contributed by atoms with E-state index in [0.717, 1.165) is 17.9 Å². The number of aromatic nitrogens is 2. The molecule has 0 saturated heterocycles. The first kappa shape index (κ1) is 14.0. The fourth-order valence-electron chi connectivity index (χ4n) is 2.14. The molecule has 0 radical (unpaired) electrons. The Hall–Kier alpha value is -1.39. The van der Waals surface area contributed by atoms with Crippen LogP contribution in [0.1, 0.15) is 24.4 Å². The third-order valence-corrected chi connectivity index (χ3v) is 3.50. The van der Waals surface area contributed by atoms with Gasteiger partial charge in [0.2, 0.25) is 0 Å². The summed E-state index contributed by atoms with van der Waals surface area (Å²) in [7, 11) is 1.94. The minimum absolute atomic E-state index is 0.0179. The lowest BCUT2D eigenvalue weighted by Gasteiger charge is -2.18. The first-order valence-corrected chi connectivity index (χ1v) is 6.64. The number of halogens is 2. The quantitative estimate of drug-likeness (QED) is 0.913. The molecule has 0 bridgehead atoms. The van der Waals surface area contributed by atoms with Crippen molar-refractivity contribution in [1.82, 2.24) is 14.9 Å². The number of rotatable bonds is 5. The molecule has 1 atom stereocenters. The number of likely N-dealkylation sites (N-methyl/N-ethyl adjacent to an activating group) is 1. The standard InChI is InChI=1S/C14H17ClFN3/c1-3-17-12(14-18-7-8-19(14)2)9-10-5-4-6-11(16)13(10)15/h4-8,12,17H,3,9H2,1-2H3. The first-order valence-electron chi connectivity index (χ1n) is 6.27. The van der Waals surface area contributed by atoms with Gasteiger partial charge in [-0.1, -0.05) is 30.7 Å². The van der Waals surface area contributed by atoms with Crippen molar-refractivity contribution in [2.24, 2.45) is 7.05 Å². The molecule has 1 aromatic carbocycles. The molecule has 0 aliphatic carbocycles. The molecule has 2 rings (SSSR count). The van der Waals surface area contributed by atoms with E-state index in [1.807, 2.05) is 30.8 Å². The van der Waals surface area contributed by atoms with Crippen LogP contribution in [-0.2, 0) is 13.5 Å². The fourth-order valence-corrected chi connectivity index (χ4v) is 2.34. The van der Waals surface area contributed by atoms with Gasteiger partial charge in [0.1, 0.15) is 11.6 Å². The van der Waals surface area contributed by atoms with Crippen LogP contribution in [0.4, 0.5) is 4.39 Å². The molecule has 0 fully saturated rings. The lowest BCUT2D eigenvalue weighted by atomic mass is 10.0. The molecular formula is C14H17ClFN3. The number of nitrogens with zero attached hydrogens (tertiary/aromatic N) is 2. The van der Waals surface area contributed by atoms with E-state index in [1.165, 1.54) is 6.07 Å². The molecule has 1 heterocycles. The van der Waals surface area contributed by atoms with Gasteiger partial charge in [0.15, 0.2) is 0 Å². The van der Waals surface area contributed by atoms with Crippen molar-refractivity contribution in [3.8, 4) is 0 Å². The maximum Gasteiger partial charge on any atom is 0.142 e. The van der Waals surface area contributed by atoms with Crippen molar-refractivity contribution in [3.05, 3.63) is 52.8 Å². The van der Waals surface area contributed by atoms with Crippen molar-refractivity contribution in [2.45, 2.75) is 19.4 Å². The second kappa shape index (κ2) is 6.17. The van der Waals surface area contributed by atoms with Crippen molar-refractivity contribution >= 4 is 11.6 Å². The van der Waals surface area contributed by atoms with Crippen LogP contribution in [0.15, 0.2) is 30.6 Å². The average molecular weight is 282 g/mol. The predicted octanol–water partition coefficient (Wildman–Crippen LogP) is 3.11. The van der Waals surface area contributed by atoms with Gasteiger partial charge in [0.05, 0.1) is 11.1 Å². The minimum atomic E-state index is -0.380. The Labute approximate surface area is 117 Å². The monoisotopic (exact) mass is 281 g/mol. The smallest absolute Gasteiger partial charge is 0.142 e. The van der Waals surface area contributed by atoms with Crippen LogP contribution >= 0.6 is 11.6 Å². The number of imidazole rings is 1. The number of benzene rings is 1. The summed E-state index contributed by atoms with van der Waals surface area (Å²) in [5, 5.41) is 3.55. The highest BCUT2D eigenvalue weighted by Gasteiger charge is 2.17. The largest absolute Gasteiger partial charge is 0.337 e. The van der Waals surface area contributed by atoms with Crippen LogP contribution in [0.2, 0.25) is 5.02 Å². The molecule has 0 aliphatic rings. The highest BCUT2D eigenvalue weighted by molar-refractivity contribution is 6.31. The summed E-state index contributed by atoms with van der Waals surface area (Å²) in [6, 6.07) is 4.91. The van der Waals surface area contributed by atoms with E-state index in [-0.39, 0.29) is 16.9 Å². The van der Waals surface area contributed by atoms with Gasteiger partial charge < -0.3 is 9.88 Å². The highest BCUT2D eigenvalue weighted by Crippen LogP contribution is 2.24. The Bertz CT molecular complexity index is 553. The second-order valence-corrected chi connectivity index (χ2v) is 4.80. The van der Waals surface area contributed by atoms with E-state index in [9.17, 15) is 4.39 Å². The molecular weight excluding hydrogens is 265 g/mol. The van der Waals surface area contributed by atoms with Gasteiger partial charge in [-0.25, -0.2) is 9.37 Å². The van der Waals surface area contributed by atoms with Crippen LogP contribution in [0, 0.1) is 5.82 Å². The minimum Gasteiger partial charge on any atom is -0.337 e. The SMILES string of the molecule is CCNC(Cc1cccc(F)c1Cl)c1nccn1C. The zero-order chi connectivity index (χ0) is 13.8. The van der Waals surface area contributed by atoms with Crippen LogP contribution in [0.5, 0.6) is 0 Å². The predicted molar refractivity (Wildman–Crippen MR) is 74.7 cm³/mol. The molecule has 0 spiro atoms. The first-order chi connectivity index (χ1) is 9.13. The van der Waals surface area contributed by atoms with Crippen molar-refractivity contribution in [3.63, 3.8) is 0 Å². The number of aryl methyl sites for hydroxylation is 1. The lowest BCUT2D eigenvalue weighted by Crippen LogP contribution is -2.25. The zero-order valence-electron chi connectivity index (χ0n) is 11.0. The fraction of sp³-hybridized carbons (Fsp3) is 0.357. The average Bonchev–Trinajstić information content (AvgIpc) is 2.80. The van der Waals surface area contributed by atoms with E-state index in [1.54, 1.807) is 12.3 Å². The Balaban J connectivity index is 2.27. The Kier molecular flexibility index (Phi) is 4.56. The molecule has 1 unspecified atom stereocenters. The number of hydrogen-bond acceptors (Lipinski definition) is 2. The van der Waals surface area contributed by atoms with E-state index in [2.05, 4.69) is 10.3 Å². The maximum absolute atomic E-state index is 13.5. The van der Waals surface area contributed by atoms with Crippen LogP contribution < -0.4 is 5.32 Å². The molecule has 0 aliphatic heterocycles. The molecule has 19 heavy (non-hydrogen) atoms. The molecule has 2 aromatic rings. The van der Waals surface area contributed by atoms with Crippen molar-refractivity contribution in [2.75, 3.05) is 6.54 Å². The van der Waals surface area contributed by atoms with Crippen molar-refractivity contribution < 1.29 is 4.39 Å². The topological polar surface area (TPSA) is 29.9 Å². The Morgan fingerprint density at radius 3 is 2.89 bits per heavy atom. The van der Waals surface area contributed by atoms with E-state index in [0.29, 0.717) is 6.42 Å². The normalized spacial score (nSPS) is 12.6. The third-order valence-electron chi connectivity index (χ3n) is 3.08. The van der Waals surface area contributed by atoms with Crippen LogP contribution in [-0.4, -0.2) is 16.1 Å². The van der Waals surface area contributed by atoms with Gasteiger partial charge in [0.25, 0.3) is 0 Å². The van der Waals surface area contributed by atoms with Gasteiger partial charge in [-0.15, -0.1) is 0 Å². The molecule has 102 valence electrons. The maximum atomic E-state index is 13.5. The van der Waals surface area contributed by atoms with E-state index < -0.39 is 0 Å². The summed E-state index contributed by atoms with van der Waals surface area (Å²) in [6.07, 6.45) is 4.26. The molecule has 1 aromatic heterocycles. The molecule has 3 nitrogen and oxygen atoms in total. The highest BCUT2D eigenvalue weighted by atomic mass is 35.5. The molecule has 1 N–H and O–H groups in total. The third kappa shape index (κ3) is 3.14. The van der Waals surface area contributed by atoms with Gasteiger partial charge in [-0.05, 0) is 24.6 Å². The summed E-state index contributed by atoms with van der Waals surface area (Å²) in [5.74, 6) is 0.538. The van der Waals surface area contributed by atoms with Crippen LogP contribution in [0.3, 0.4) is 0 Å². The zero-order valence-corrected chi connectivity index (χ0v) is 11.8. The molecule has 0 amide bonds. The van der Waals surface area contributed by atoms with Gasteiger partial charge >= 0.3 is 0 Å². The molecule has 5 heteroatoms.